The molecule has 1 N–H and O–H groups in total. The summed E-state index contributed by atoms with van der Waals surface area (Å²) in [5, 5.41) is 3.49. The van der Waals surface area contributed by atoms with E-state index in [1.54, 1.807) is 0 Å². The summed E-state index contributed by atoms with van der Waals surface area (Å²) in [5.41, 5.74) is 0. The number of hydrogen-bond acceptors (Lipinski definition) is 3. The minimum absolute atomic E-state index is 0.563. The molecule has 1 aromatic rings. The van der Waals surface area contributed by atoms with Gasteiger partial charge >= 0.3 is 0 Å². The molecule has 1 aliphatic rings. The van der Waals surface area contributed by atoms with Gasteiger partial charge in [0.15, 0.2) is 0 Å². The fourth-order valence-electron chi connectivity index (χ4n) is 2.20. The minimum Gasteiger partial charge on any atom is -0.310 e. The van der Waals surface area contributed by atoms with Crippen molar-refractivity contribution in [2.75, 3.05) is 6.54 Å². The van der Waals surface area contributed by atoms with E-state index in [0.29, 0.717) is 12.1 Å². The molecule has 1 heterocycles. The first-order chi connectivity index (χ1) is 9.04. The van der Waals surface area contributed by atoms with Crippen molar-refractivity contribution in [1.29, 1.82) is 0 Å². The predicted octanol–water partition coefficient (Wildman–Crippen LogP) is 3.87. The van der Waals surface area contributed by atoms with Crippen molar-refractivity contribution in [3.63, 3.8) is 0 Å². The van der Waals surface area contributed by atoms with Crippen LogP contribution >= 0.6 is 11.3 Å². The van der Waals surface area contributed by atoms with E-state index in [-0.39, 0.29) is 0 Å². The number of thiophene rings is 1. The maximum atomic E-state index is 3.49. The van der Waals surface area contributed by atoms with Gasteiger partial charge in [-0.25, -0.2) is 0 Å². The topological polar surface area (TPSA) is 15.3 Å². The molecule has 0 amide bonds. The van der Waals surface area contributed by atoms with Gasteiger partial charge < -0.3 is 5.32 Å². The van der Waals surface area contributed by atoms with E-state index >= 15 is 0 Å². The summed E-state index contributed by atoms with van der Waals surface area (Å²) in [6.07, 6.45) is 2.88. The van der Waals surface area contributed by atoms with Gasteiger partial charge in [-0.2, -0.15) is 0 Å². The maximum Gasteiger partial charge on any atom is 0.0330 e. The molecule has 108 valence electrons. The van der Waals surface area contributed by atoms with Crippen LogP contribution in [0.5, 0.6) is 0 Å². The van der Waals surface area contributed by atoms with Gasteiger partial charge in [0.05, 0.1) is 0 Å². The Labute approximate surface area is 122 Å². The van der Waals surface area contributed by atoms with Gasteiger partial charge in [-0.05, 0) is 44.7 Å². The summed E-state index contributed by atoms with van der Waals surface area (Å²) in [5.74, 6) is 0.976. The van der Waals surface area contributed by atoms with Crippen molar-refractivity contribution in [3.05, 3.63) is 21.9 Å². The molecule has 0 saturated heterocycles. The molecule has 0 unspecified atom stereocenters. The zero-order valence-electron chi connectivity index (χ0n) is 12.8. The Bertz CT molecular complexity index is 380. The summed E-state index contributed by atoms with van der Waals surface area (Å²) >= 11 is 1.96. The van der Waals surface area contributed by atoms with Crippen LogP contribution in [0.2, 0.25) is 0 Å². The van der Waals surface area contributed by atoms with Crippen molar-refractivity contribution in [3.8, 4) is 0 Å². The molecule has 1 fully saturated rings. The molecule has 0 aromatic carbocycles. The second-order valence-electron chi connectivity index (χ2n) is 6.37. The van der Waals surface area contributed by atoms with Crippen LogP contribution in [-0.4, -0.2) is 23.5 Å². The van der Waals surface area contributed by atoms with Crippen LogP contribution in [0.25, 0.3) is 0 Å². The second kappa shape index (κ2) is 6.87. The molecular weight excluding hydrogens is 252 g/mol. The third-order valence-corrected chi connectivity index (χ3v) is 4.75. The molecule has 19 heavy (non-hydrogen) atoms. The largest absolute Gasteiger partial charge is 0.310 e. The summed E-state index contributed by atoms with van der Waals surface area (Å²) < 4.78 is 0. The lowest BCUT2D eigenvalue weighted by Crippen LogP contribution is -2.31. The fourth-order valence-corrected chi connectivity index (χ4v) is 3.19. The normalized spacial score (nSPS) is 15.9. The van der Waals surface area contributed by atoms with Crippen molar-refractivity contribution >= 4 is 11.3 Å². The van der Waals surface area contributed by atoms with Crippen LogP contribution < -0.4 is 5.32 Å². The fraction of sp³-hybridized carbons (Fsp3) is 0.750. The summed E-state index contributed by atoms with van der Waals surface area (Å²) in [7, 11) is 0. The highest BCUT2D eigenvalue weighted by atomic mass is 32.1. The molecule has 2 rings (SSSR count). The van der Waals surface area contributed by atoms with Crippen molar-refractivity contribution < 1.29 is 0 Å². The molecule has 1 aliphatic carbocycles. The van der Waals surface area contributed by atoms with Gasteiger partial charge in [-0.1, -0.05) is 13.8 Å². The smallest absolute Gasteiger partial charge is 0.0330 e. The van der Waals surface area contributed by atoms with Crippen LogP contribution in [0.4, 0.5) is 0 Å². The quantitative estimate of drug-likeness (QED) is 0.777. The van der Waals surface area contributed by atoms with E-state index in [2.05, 4.69) is 50.0 Å². The van der Waals surface area contributed by atoms with Crippen molar-refractivity contribution in [1.82, 2.24) is 10.2 Å². The summed E-state index contributed by atoms with van der Waals surface area (Å²) in [4.78, 5) is 5.59. The highest BCUT2D eigenvalue weighted by Gasteiger charge is 2.25. The molecule has 2 nitrogen and oxygen atoms in total. The van der Waals surface area contributed by atoms with E-state index in [1.807, 2.05) is 11.3 Å². The standard InChI is InChI=1S/C16H28N2S/c1-12(2)17-9-15-7-8-16(19-15)11-18(13(3)4)10-14-5-6-14/h7-8,12-14,17H,5-6,9-11H2,1-4H3. The first-order valence-electron chi connectivity index (χ1n) is 7.59. The van der Waals surface area contributed by atoms with Gasteiger partial charge in [0.1, 0.15) is 0 Å². The lowest BCUT2D eigenvalue weighted by molar-refractivity contribution is 0.205. The lowest BCUT2D eigenvalue weighted by atomic mass is 10.2. The highest BCUT2D eigenvalue weighted by Crippen LogP contribution is 2.31. The van der Waals surface area contributed by atoms with Crippen LogP contribution in [-0.2, 0) is 13.1 Å². The Morgan fingerprint density at radius 1 is 1.21 bits per heavy atom. The summed E-state index contributed by atoms with van der Waals surface area (Å²) in [6, 6.07) is 5.81. The molecular formula is C16H28N2S. The van der Waals surface area contributed by atoms with Gasteiger partial charge in [0.2, 0.25) is 0 Å². The molecule has 0 spiro atoms. The Morgan fingerprint density at radius 2 is 1.89 bits per heavy atom. The Kier molecular flexibility index (Phi) is 5.43. The highest BCUT2D eigenvalue weighted by molar-refractivity contribution is 7.11. The predicted molar refractivity (Wildman–Crippen MR) is 84.6 cm³/mol. The average molecular weight is 280 g/mol. The third kappa shape index (κ3) is 5.25. The van der Waals surface area contributed by atoms with Gasteiger partial charge in [-0.3, -0.25) is 4.90 Å². The van der Waals surface area contributed by atoms with Crippen LogP contribution in [0, 0.1) is 5.92 Å². The molecule has 3 heteroatoms. The van der Waals surface area contributed by atoms with Gasteiger partial charge in [0, 0.05) is 41.5 Å². The molecule has 1 aromatic heterocycles. The van der Waals surface area contributed by atoms with Gasteiger partial charge in [0.25, 0.3) is 0 Å². The van der Waals surface area contributed by atoms with Crippen LogP contribution in [0.1, 0.15) is 50.3 Å². The number of nitrogens with one attached hydrogen (secondary N) is 1. The minimum atomic E-state index is 0.563. The average Bonchev–Trinajstić information content (AvgIpc) is 3.04. The SMILES string of the molecule is CC(C)NCc1ccc(CN(CC2CC2)C(C)C)s1. The van der Waals surface area contributed by atoms with Crippen molar-refractivity contribution in [2.45, 2.75) is 65.7 Å². The Morgan fingerprint density at radius 3 is 2.47 bits per heavy atom. The molecule has 1 saturated carbocycles. The zero-order chi connectivity index (χ0) is 13.8. The summed E-state index contributed by atoms with van der Waals surface area (Å²) in [6.45, 7) is 12.5. The number of rotatable bonds is 8. The first kappa shape index (κ1) is 15.0. The van der Waals surface area contributed by atoms with E-state index in [9.17, 15) is 0 Å². The zero-order valence-corrected chi connectivity index (χ0v) is 13.6. The lowest BCUT2D eigenvalue weighted by Gasteiger charge is -2.25. The molecule has 0 aliphatic heterocycles. The van der Waals surface area contributed by atoms with Crippen LogP contribution in [0.3, 0.4) is 0 Å². The van der Waals surface area contributed by atoms with Crippen LogP contribution in [0.15, 0.2) is 12.1 Å². The number of nitrogens with zero attached hydrogens (tertiary/aromatic N) is 1. The van der Waals surface area contributed by atoms with Gasteiger partial charge in [-0.15, -0.1) is 11.3 Å². The monoisotopic (exact) mass is 280 g/mol. The first-order valence-corrected chi connectivity index (χ1v) is 8.41. The molecule has 0 atom stereocenters. The van der Waals surface area contributed by atoms with E-state index < -0.39 is 0 Å². The molecule has 0 bridgehead atoms. The maximum absolute atomic E-state index is 3.49. The number of hydrogen-bond donors (Lipinski definition) is 1. The van der Waals surface area contributed by atoms with Crippen molar-refractivity contribution in [2.24, 2.45) is 5.92 Å². The molecule has 0 radical (unpaired) electrons. The third-order valence-electron chi connectivity index (χ3n) is 3.68. The Balaban J connectivity index is 1.85. The Hall–Kier alpha value is -0.380. The van der Waals surface area contributed by atoms with E-state index in [1.165, 1.54) is 29.1 Å². The van der Waals surface area contributed by atoms with E-state index in [0.717, 1.165) is 19.0 Å². The second-order valence-corrected chi connectivity index (χ2v) is 7.62. The van der Waals surface area contributed by atoms with E-state index in [4.69, 9.17) is 0 Å².